The Kier molecular flexibility index (Phi) is 4.72. The van der Waals surface area contributed by atoms with E-state index in [1.165, 1.54) is 0 Å². The average molecular weight is 159 g/mol. The third-order valence-corrected chi connectivity index (χ3v) is 5.51. The van der Waals surface area contributed by atoms with E-state index in [1.54, 1.807) is 0 Å². The number of aliphatic hydroxyl groups is 1. The molecule has 0 amide bonds. The highest BCUT2D eigenvalue weighted by Gasteiger charge is 2.31. The molecule has 0 atom stereocenters. The molecule has 0 unspecified atom stereocenters. The zero-order chi connectivity index (χ0) is 7.00. The molecule has 0 saturated heterocycles. The van der Waals surface area contributed by atoms with Gasteiger partial charge in [-0.1, -0.05) is 19.6 Å². The van der Waals surface area contributed by atoms with Gasteiger partial charge >= 0.3 is 23.1 Å². The van der Waals surface area contributed by atoms with Crippen LogP contribution >= 0.6 is 0 Å². The molecule has 0 aliphatic heterocycles. The molecule has 54 valence electrons. The van der Waals surface area contributed by atoms with E-state index in [2.05, 4.69) is 19.6 Å². The summed E-state index contributed by atoms with van der Waals surface area (Å²) in [7, 11) is -1.30. The molecule has 0 aromatic rings. The molecule has 9 heavy (non-hydrogen) atoms. The van der Waals surface area contributed by atoms with Gasteiger partial charge in [-0.15, -0.1) is 0 Å². The van der Waals surface area contributed by atoms with Crippen LogP contribution in [0.2, 0.25) is 19.6 Å². The maximum atomic E-state index is 9.42. The van der Waals surface area contributed by atoms with Gasteiger partial charge in [0.2, 0.25) is 0 Å². The quantitative estimate of drug-likeness (QED) is 0.558. The van der Waals surface area contributed by atoms with Crippen LogP contribution in [0.3, 0.4) is 0 Å². The van der Waals surface area contributed by atoms with Gasteiger partial charge in [0.1, 0.15) is 0 Å². The van der Waals surface area contributed by atoms with Crippen molar-refractivity contribution in [2.75, 3.05) is 0 Å². The van der Waals surface area contributed by atoms with E-state index in [0.29, 0.717) is 0 Å². The molecule has 1 N–H and O–H groups in total. The van der Waals surface area contributed by atoms with Crippen molar-refractivity contribution in [1.82, 2.24) is 0 Å². The lowest BCUT2D eigenvalue weighted by molar-refractivity contribution is 0.157. The Hall–Kier alpha value is 0.943. The van der Waals surface area contributed by atoms with E-state index in [0.717, 1.165) is 0 Å². The summed E-state index contributed by atoms with van der Waals surface area (Å²) >= 11 is 0. The fraction of sp³-hybridized carbons (Fsp3) is 1.00. The minimum absolute atomic E-state index is 0. The van der Waals surface area contributed by atoms with E-state index >= 15 is 0 Å². The van der Waals surface area contributed by atoms with Gasteiger partial charge in [-0.3, -0.25) is 0 Å². The van der Waals surface area contributed by atoms with Crippen molar-refractivity contribution in [3.8, 4) is 0 Å². The first-order valence-electron chi connectivity index (χ1n) is 2.97. The average Bonchev–Trinajstić information content (AvgIpc) is 1.25. The Bertz CT molecular complexity index is 68.0. The van der Waals surface area contributed by atoms with Crippen molar-refractivity contribution in [2.24, 2.45) is 0 Å². The molecular weight excluding hydrogens is 140 g/mol. The van der Waals surface area contributed by atoms with Crippen LogP contribution in [0.25, 0.3) is 0 Å². The molecular formula is C6H18MgOSi. The second-order valence-corrected chi connectivity index (χ2v) is 9.53. The van der Waals surface area contributed by atoms with Crippen molar-refractivity contribution in [2.45, 2.75) is 38.7 Å². The van der Waals surface area contributed by atoms with Crippen LogP contribution in [-0.2, 0) is 0 Å². The van der Waals surface area contributed by atoms with Crippen LogP contribution in [0.4, 0.5) is 0 Å². The normalized spacial score (nSPS) is 12.7. The van der Waals surface area contributed by atoms with E-state index in [9.17, 15) is 5.11 Å². The second kappa shape index (κ2) is 3.37. The minimum atomic E-state index is -1.30. The van der Waals surface area contributed by atoms with Gasteiger partial charge in [0.05, 0.1) is 8.07 Å². The van der Waals surface area contributed by atoms with Crippen molar-refractivity contribution < 1.29 is 5.11 Å². The lowest BCUT2D eigenvalue weighted by Crippen LogP contribution is -2.46. The highest BCUT2D eigenvalue weighted by Crippen LogP contribution is 2.17. The molecule has 0 aromatic heterocycles. The van der Waals surface area contributed by atoms with Crippen molar-refractivity contribution in [3.63, 3.8) is 0 Å². The van der Waals surface area contributed by atoms with Crippen LogP contribution in [0.1, 0.15) is 13.8 Å². The largest absolute Gasteiger partial charge is 0.394 e. The highest BCUT2D eigenvalue weighted by atomic mass is 28.3. The summed E-state index contributed by atoms with van der Waals surface area (Å²) in [5.74, 6) is 0. The molecule has 0 saturated carbocycles. The zero-order valence-corrected chi connectivity index (χ0v) is 7.45. The molecule has 0 aliphatic rings. The second-order valence-electron chi connectivity index (χ2n) is 3.81. The summed E-state index contributed by atoms with van der Waals surface area (Å²) in [6, 6.07) is 0. The predicted molar refractivity (Wildman–Crippen MR) is 48.2 cm³/mol. The van der Waals surface area contributed by atoms with Gasteiger partial charge in [0.25, 0.3) is 0 Å². The highest BCUT2D eigenvalue weighted by molar-refractivity contribution is 6.78. The Morgan fingerprint density at radius 3 is 1.22 bits per heavy atom. The summed E-state index contributed by atoms with van der Waals surface area (Å²) in [6.07, 6.45) is 0. The van der Waals surface area contributed by atoms with Gasteiger partial charge in [0.15, 0.2) is 0 Å². The number of hydrogen-bond donors (Lipinski definition) is 1. The van der Waals surface area contributed by atoms with Crippen molar-refractivity contribution in [1.29, 1.82) is 0 Å². The van der Waals surface area contributed by atoms with E-state index < -0.39 is 13.3 Å². The molecule has 0 radical (unpaired) electrons. The predicted octanol–water partition coefficient (Wildman–Crippen LogP) is 0.718. The maximum Gasteiger partial charge on any atom is 0.316 e. The summed E-state index contributed by atoms with van der Waals surface area (Å²) < 4.78 is 0. The van der Waals surface area contributed by atoms with Gasteiger partial charge < -0.3 is 5.11 Å². The lowest BCUT2D eigenvalue weighted by Gasteiger charge is -2.31. The van der Waals surface area contributed by atoms with E-state index in [1.807, 2.05) is 13.8 Å². The number of hydrogen-bond acceptors (Lipinski definition) is 1. The smallest absolute Gasteiger partial charge is 0.316 e. The summed E-state index contributed by atoms with van der Waals surface area (Å²) in [5.41, 5.74) is 0. The van der Waals surface area contributed by atoms with Gasteiger partial charge in [-0.05, 0) is 13.8 Å². The zero-order valence-electron chi connectivity index (χ0n) is 6.45. The van der Waals surface area contributed by atoms with Gasteiger partial charge in [-0.2, -0.15) is 0 Å². The molecule has 3 heteroatoms. The molecule has 0 bridgehead atoms. The molecule has 0 spiro atoms. The fourth-order valence-electron chi connectivity index (χ4n) is 0. The van der Waals surface area contributed by atoms with Crippen LogP contribution < -0.4 is 0 Å². The molecule has 1 nitrogen and oxygen atoms in total. The van der Waals surface area contributed by atoms with Crippen molar-refractivity contribution >= 4 is 31.1 Å². The van der Waals surface area contributed by atoms with Crippen LogP contribution in [0, 0.1) is 0 Å². The first-order valence-corrected chi connectivity index (χ1v) is 6.47. The van der Waals surface area contributed by atoms with Crippen LogP contribution in [0.15, 0.2) is 0 Å². The summed E-state index contributed by atoms with van der Waals surface area (Å²) in [5, 5.41) is 8.99. The third-order valence-electron chi connectivity index (χ3n) is 1.84. The molecule has 0 aromatic carbocycles. The third kappa shape index (κ3) is 4.36. The minimum Gasteiger partial charge on any atom is -0.394 e. The van der Waals surface area contributed by atoms with Crippen molar-refractivity contribution in [3.05, 3.63) is 0 Å². The first-order chi connectivity index (χ1) is 3.25. The Labute approximate surface area is 75.0 Å². The molecule has 0 aliphatic carbocycles. The standard InChI is InChI=1S/C6H16OSi.Mg.2H/c1-6(2,7)8(3,4)5;;;/h7H,1-5H3;;;. The SMILES string of the molecule is CC(C)(O)[Si](C)(C)C.[MgH2]. The molecule has 0 heterocycles. The van der Waals surface area contributed by atoms with E-state index in [4.69, 9.17) is 0 Å². The topological polar surface area (TPSA) is 20.2 Å². The number of rotatable bonds is 1. The Morgan fingerprint density at radius 2 is 1.22 bits per heavy atom. The monoisotopic (exact) mass is 158 g/mol. The first kappa shape index (κ1) is 12.6. The Balaban J connectivity index is 0. The van der Waals surface area contributed by atoms with Gasteiger partial charge in [-0.25, -0.2) is 0 Å². The fourth-order valence-corrected chi connectivity index (χ4v) is 0. The Morgan fingerprint density at radius 1 is 1.11 bits per heavy atom. The van der Waals surface area contributed by atoms with Crippen LogP contribution in [0.5, 0.6) is 0 Å². The lowest BCUT2D eigenvalue weighted by atomic mass is 10.5. The van der Waals surface area contributed by atoms with E-state index in [-0.39, 0.29) is 23.1 Å². The summed E-state index contributed by atoms with van der Waals surface area (Å²) in [4.78, 5) is 0. The maximum absolute atomic E-state index is 9.42. The summed E-state index contributed by atoms with van der Waals surface area (Å²) in [6.45, 7) is 10.3. The molecule has 0 rings (SSSR count). The van der Waals surface area contributed by atoms with Gasteiger partial charge in [0, 0.05) is 5.22 Å². The van der Waals surface area contributed by atoms with Crippen LogP contribution in [-0.4, -0.2) is 41.5 Å². The molecule has 0 fully saturated rings.